The molecule has 0 amide bonds. The van der Waals surface area contributed by atoms with E-state index in [1.54, 1.807) is 0 Å². The van der Waals surface area contributed by atoms with Crippen LogP contribution in [0.5, 0.6) is 0 Å². The van der Waals surface area contributed by atoms with Crippen molar-refractivity contribution in [2.75, 3.05) is 12.3 Å². The summed E-state index contributed by atoms with van der Waals surface area (Å²) < 4.78 is 11.8. The molecule has 1 aromatic carbocycles. The van der Waals surface area contributed by atoms with Crippen LogP contribution in [0.15, 0.2) is 18.2 Å². The van der Waals surface area contributed by atoms with Crippen molar-refractivity contribution in [2.24, 2.45) is 0 Å². The first kappa shape index (κ1) is 15.1. The topological polar surface area (TPSA) is 44.5 Å². The van der Waals surface area contributed by atoms with E-state index in [2.05, 4.69) is 20.8 Å². The van der Waals surface area contributed by atoms with Crippen molar-refractivity contribution in [3.63, 3.8) is 0 Å². The molecule has 0 saturated heterocycles. The maximum atomic E-state index is 6.07. The van der Waals surface area contributed by atoms with Crippen LogP contribution in [0.25, 0.3) is 0 Å². The minimum atomic E-state index is -0.353. The summed E-state index contributed by atoms with van der Waals surface area (Å²) >= 11 is 0. The fourth-order valence-corrected chi connectivity index (χ4v) is 1.62. The first-order chi connectivity index (χ1) is 8.39. The average molecular weight is 249 g/mol. The highest BCUT2D eigenvalue weighted by molar-refractivity contribution is 6.62. The highest BCUT2D eigenvalue weighted by Gasteiger charge is 2.30. The van der Waals surface area contributed by atoms with E-state index in [9.17, 15) is 0 Å². The Bertz CT molecular complexity index is 393. The molecule has 0 spiro atoms. The summed E-state index contributed by atoms with van der Waals surface area (Å²) in [6.07, 6.45) is 0.929. The summed E-state index contributed by atoms with van der Waals surface area (Å²) in [5.74, 6) is 0. The van der Waals surface area contributed by atoms with E-state index in [-0.39, 0.29) is 12.7 Å². The maximum absolute atomic E-state index is 6.07. The lowest BCUT2D eigenvalue weighted by Crippen LogP contribution is -2.44. The molecule has 0 aromatic heterocycles. The van der Waals surface area contributed by atoms with Crippen LogP contribution in [-0.4, -0.2) is 19.3 Å². The van der Waals surface area contributed by atoms with Crippen LogP contribution in [0.2, 0.25) is 0 Å². The van der Waals surface area contributed by atoms with Crippen LogP contribution in [0.4, 0.5) is 5.69 Å². The first-order valence-electron chi connectivity index (χ1n) is 6.55. The fourth-order valence-electron chi connectivity index (χ4n) is 1.62. The molecule has 0 aliphatic carbocycles. The van der Waals surface area contributed by atoms with Gasteiger partial charge >= 0.3 is 7.12 Å². The van der Waals surface area contributed by atoms with Gasteiger partial charge in [-0.25, -0.2) is 0 Å². The summed E-state index contributed by atoms with van der Waals surface area (Å²) in [4.78, 5) is 0. The van der Waals surface area contributed by atoms with Gasteiger partial charge in [-0.1, -0.05) is 18.6 Å². The molecule has 0 fully saturated rings. The molecule has 1 aromatic rings. The number of anilines is 1. The van der Waals surface area contributed by atoms with Gasteiger partial charge in [-0.05, 0) is 51.7 Å². The molecular formula is C14H24BNO2. The molecule has 1 rings (SSSR count). The van der Waals surface area contributed by atoms with Crippen molar-refractivity contribution in [3.8, 4) is 0 Å². The smallest absolute Gasteiger partial charge is 0.408 e. The van der Waals surface area contributed by atoms with Crippen molar-refractivity contribution in [1.82, 2.24) is 0 Å². The van der Waals surface area contributed by atoms with Gasteiger partial charge in [0, 0.05) is 17.9 Å². The molecule has 0 heterocycles. The third-order valence-electron chi connectivity index (χ3n) is 3.15. The second kappa shape index (κ2) is 6.25. The SMILES string of the molecule is CCOB(OC(C)(C)CC)c1cc(N)ccc1C. The number of nitrogen functional groups attached to an aromatic ring is 1. The van der Waals surface area contributed by atoms with E-state index < -0.39 is 0 Å². The second-order valence-corrected chi connectivity index (χ2v) is 5.13. The zero-order valence-electron chi connectivity index (χ0n) is 12.1. The summed E-state index contributed by atoms with van der Waals surface area (Å²) in [5.41, 5.74) is 8.52. The zero-order chi connectivity index (χ0) is 13.8. The van der Waals surface area contributed by atoms with Crippen molar-refractivity contribution < 1.29 is 9.31 Å². The summed E-state index contributed by atoms with van der Waals surface area (Å²) in [6.45, 7) is 10.9. The van der Waals surface area contributed by atoms with Gasteiger partial charge in [-0.15, -0.1) is 0 Å². The summed E-state index contributed by atoms with van der Waals surface area (Å²) in [7, 11) is -0.353. The van der Waals surface area contributed by atoms with Gasteiger partial charge in [-0.3, -0.25) is 0 Å². The Hall–Kier alpha value is -0.995. The van der Waals surface area contributed by atoms with Crippen LogP contribution in [-0.2, 0) is 9.31 Å². The fraction of sp³-hybridized carbons (Fsp3) is 0.571. The number of hydrogen-bond acceptors (Lipinski definition) is 3. The highest BCUT2D eigenvalue weighted by Crippen LogP contribution is 2.16. The normalized spacial score (nSPS) is 11.6. The lowest BCUT2D eigenvalue weighted by molar-refractivity contribution is 0.0706. The minimum absolute atomic E-state index is 0.211. The summed E-state index contributed by atoms with van der Waals surface area (Å²) in [5, 5.41) is 0. The van der Waals surface area contributed by atoms with Gasteiger partial charge in [0.2, 0.25) is 0 Å². The lowest BCUT2D eigenvalue weighted by Gasteiger charge is -2.28. The van der Waals surface area contributed by atoms with Crippen LogP contribution in [0, 0.1) is 6.92 Å². The van der Waals surface area contributed by atoms with E-state index in [4.69, 9.17) is 15.0 Å². The largest absolute Gasteiger partial charge is 0.494 e. The molecule has 0 unspecified atom stereocenters. The van der Waals surface area contributed by atoms with Gasteiger partial charge in [-0.2, -0.15) is 0 Å². The Morgan fingerprint density at radius 2 is 1.94 bits per heavy atom. The zero-order valence-corrected chi connectivity index (χ0v) is 12.1. The van der Waals surface area contributed by atoms with Gasteiger partial charge in [0.15, 0.2) is 0 Å². The number of nitrogens with two attached hydrogens (primary N) is 1. The third-order valence-corrected chi connectivity index (χ3v) is 3.15. The van der Waals surface area contributed by atoms with Crippen molar-refractivity contribution in [2.45, 2.75) is 46.6 Å². The third kappa shape index (κ3) is 4.04. The Morgan fingerprint density at radius 3 is 2.50 bits per heavy atom. The molecule has 4 heteroatoms. The first-order valence-corrected chi connectivity index (χ1v) is 6.55. The highest BCUT2D eigenvalue weighted by atomic mass is 16.6. The molecule has 18 heavy (non-hydrogen) atoms. The minimum Gasteiger partial charge on any atom is -0.408 e. The molecule has 0 saturated carbocycles. The van der Waals surface area contributed by atoms with Gasteiger partial charge in [0.1, 0.15) is 0 Å². The Kier molecular flexibility index (Phi) is 5.23. The molecule has 3 nitrogen and oxygen atoms in total. The van der Waals surface area contributed by atoms with Crippen molar-refractivity contribution in [1.29, 1.82) is 0 Å². The van der Waals surface area contributed by atoms with E-state index in [0.29, 0.717) is 6.61 Å². The summed E-state index contributed by atoms with van der Waals surface area (Å²) in [6, 6.07) is 5.83. The molecule has 100 valence electrons. The predicted molar refractivity (Wildman–Crippen MR) is 78.1 cm³/mol. The molecule has 0 atom stereocenters. The molecule has 0 radical (unpaired) electrons. The van der Waals surface area contributed by atoms with E-state index in [1.165, 1.54) is 0 Å². The Labute approximate surface area is 111 Å². The number of hydrogen-bond donors (Lipinski definition) is 1. The predicted octanol–water partition coefficient (Wildman–Crippen LogP) is 2.51. The van der Waals surface area contributed by atoms with E-state index in [0.717, 1.165) is 23.1 Å². The Balaban J connectivity index is 3.00. The quantitative estimate of drug-likeness (QED) is 0.622. The standard InChI is InChI=1S/C14H24BNO2/c1-6-14(4,5)18-15(17-7-2)13-10-12(16)9-8-11(13)3/h8-10H,6-7,16H2,1-5H3. The van der Waals surface area contributed by atoms with Gasteiger partial charge in [0.05, 0.1) is 0 Å². The average Bonchev–Trinajstić information content (AvgIpc) is 2.31. The van der Waals surface area contributed by atoms with Gasteiger partial charge in [0.25, 0.3) is 0 Å². The van der Waals surface area contributed by atoms with E-state index in [1.807, 2.05) is 32.0 Å². The van der Waals surface area contributed by atoms with E-state index >= 15 is 0 Å². The molecule has 2 N–H and O–H groups in total. The number of aryl methyl sites for hydroxylation is 1. The lowest BCUT2D eigenvalue weighted by atomic mass is 9.74. The van der Waals surface area contributed by atoms with Crippen molar-refractivity contribution in [3.05, 3.63) is 23.8 Å². The van der Waals surface area contributed by atoms with Gasteiger partial charge < -0.3 is 15.0 Å². The van der Waals surface area contributed by atoms with Crippen molar-refractivity contribution >= 4 is 18.3 Å². The van der Waals surface area contributed by atoms with Crippen LogP contribution in [0.1, 0.15) is 39.7 Å². The number of rotatable bonds is 6. The molecule has 0 bridgehead atoms. The molecule has 0 aliphatic heterocycles. The monoisotopic (exact) mass is 249 g/mol. The number of benzene rings is 1. The molecular weight excluding hydrogens is 225 g/mol. The maximum Gasteiger partial charge on any atom is 0.494 e. The van der Waals surface area contributed by atoms with Crippen LogP contribution in [0.3, 0.4) is 0 Å². The van der Waals surface area contributed by atoms with Crippen LogP contribution >= 0.6 is 0 Å². The Morgan fingerprint density at radius 1 is 1.28 bits per heavy atom. The second-order valence-electron chi connectivity index (χ2n) is 5.13. The van der Waals surface area contributed by atoms with Crippen LogP contribution < -0.4 is 11.2 Å². The molecule has 0 aliphatic rings.